The predicted molar refractivity (Wildman–Crippen MR) is 76.7 cm³/mol. The highest BCUT2D eigenvalue weighted by molar-refractivity contribution is 9.11. The van der Waals surface area contributed by atoms with E-state index in [0.717, 1.165) is 35.3 Å². The van der Waals surface area contributed by atoms with Crippen LogP contribution in [0.4, 0.5) is 0 Å². The summed E-state index contributed by atoms with van der Waals surface area (Å²) in [7, 11) is 0. The molecule has 0 atom stereocenters. The van der Waals surface area contributed by atoms with Crippen molar-refractivity contribution < 1.29 is 4.74 Å². The Morgan fingerprint density at radius 2 is 2.24 bits per heavy atom. The van der Waals surface area contributed by atoms with Crippen LogP contribution in [0.25, 0.3) is 0 Å². The molecular weight excluding hydrogens is 278 g/mol. The molecule has 0 saturated heterocycles. The van der Waals surface area contributed by atoms with Crippen molar-refractivity contribution in [2.24, 2.45) is 0 Å². The number of ether oxygens (including phenoxy) is 1. The molecule has 0 aromatic heterocycles. The molecule has 17 heavy (non-hydrogen) atoms. The first-order valence-corrected chi connectivity index (χ1v) is 6.69. The van der Waals surface area contributed by atoms with Crippen LogP contribution >= 0.6 is 15.9 Å². The third kappa shape index (κ3) is 4.92. The Morgan fingerprint density at radius 3 is 2.88 bits per heavy atom. The third-order valence-electron chi connectivity index (χ3n) is 2.41. The van der Waals surface area contributed by atoms with Gasteiger partial charge in [-0.2, -0.15) is 0 Å². The van der Waals surface area contributed by atoms with E-state index in [1.807, 2.05) is 0 Å². The van der Waals surface area contributed by atoms with Gasteiger partial charge in [0.1, 0.15) is 12.4 Å². The fourth-order valence-electron chi connectivity index (χ4n) is 1.61. The third-order valence-corrected chi connectivity index (χ3v) is 2.64. The molecule has 1 aromatic carbocycles. The Labute approximate surface area is 112 Å². The second kappa shape index (κ2) is 7.51. The van der Waals surface area contributed by atoms with Crippen molar-refractivity contribution >= 4 is 15.9 Å². The average Bonchev–Trinajstić information content (AvgIpc) is 2.28. The summed E-state index contributed by atoms with van der Waals surface area (Å²) in [4.78, 5) is 0. The number of hydrogen-bond acceptors (Lipinski definition) is 2. The Morgan fingerprint density at radius 1 is 1.47 bits per heavy atom. The average molecular weight is 298 g/mol. The summed E-state index contributed by atoms with van der Waals surface area (Å²) in [5, 5.41) is 3.39. The van der Waals surface area contributed by atoms with Gasteiger partial charge in [-0.05, 0) is 25.5 Å². The molecule has 94 valence electrons. The van der Waals surface area contributed by atoms with Crippen molar-refractivity contribution in [2.45, 2.75) is 26.8 Å². The molecule has 0 aliphatic rings. The Hall–Kier alpha value is -0.800. The first kappa shape index (κ1) is 14.3. The summed E-state index contributed by atoms with van der Waals surface area (Å²) in [5.41, 5.74) is 2.36. The molecule has 0 aliphatic heterocycles. The van der Waals surface area contributed by atoms with Crippen molar-refractivity contribution in [3.8, 4) is 5.75 Å². The maximum Gasteiger partial charge on any atom is 0.127 e. The second-order valence-electron chi connectivity index (χ2n) is 4.05. The van der Waals surface area contributed by atoms with Gasteiger partial charge in [-0.1, -0.05) is 47.6 Å². The summed E-state index contributed by atoms with van der Waals surface area (Å²) in [6.07, 6.45) is 1.14. The van der Waals surface area contributed by atoms with Crippen molar-refractivity contribution in [2.75, 3.05) is 13.2 Å². The van der Waals surface area contributed by atoms with E-state index in [9.17, 15) is 0 Å². The van der Waals surface area contributed by atoms with Gasteiger partial charge >= 0.3 is 0 Å². The van der Waals surface area contributed by atoms with Crippen molar-refractivity contribution in [3.63, 3.8) is 0 Å². The van der Waals surface area contributed by atoms with E-state index in [1.165, 1.54) is 5.56 Å². The van der Waals surface area contributed by atoms with Gasteiger partial charge < -0.3 is 10.1 Å². The minimum atomic E-state index is 0.506. The highest BCUT2D eigenvalue weighted by Crippen LogP contribution is 2.24. The van der Waals surface area contributed by atoms with Crippen LogP contribution in [0.5, 0.6) is 5.75 Å². The van der Waals surface area contributed by atoms with Gasteiger partial charge in [0.15, 0.2) is 0 Å². The zero-order valence-electron chi connectivity index (χ0n) is 10.6. The zero-order valence-corrected chi connectivity index (χ0v) is 12.1. The summed E-state index contributed by atoms with van der Waals surface area (Å²) < 4.78 is 6.63. The normalized spacial score (nSPS) is 10.3. The molecule has 0 amide bonds. The van der Waals surface area contributed by atoms with Gasteiger partial charge in [0.25, 0.3) is 0 Å². The molecule has 0 unspecified atom stereocenters. The molecule has 0 heterocycles. The van der Waals surface area contributed by atoms with E-state index in [-0.39, 0.29) is 0 Å². The fourth-order valence-corrected chi connectivity index (χ4v) is 1.72. The van der Waals surface area contributed by atoms with E-state index in [2.05, 4.69) is 59.9 Å². The van der Waals surface area contributed by atoms with Crippen LogP contribution in [-0.2, 0) is 6.54 Å². The predicted octanol–water partition coefficient (Wildman–Crippen LogP) is 3.78. The summed E-state index contributed by atoms with van der Waals surface area (Å²) >= 11 is 3.31. The number of nitrogens with one attached hydrogen (secondary N) is 1. The smallest absolute Gasteiger partial charge is 0.127 e. The lowest BCUT2D eigenvalue weighted by molar-refractivity contribution is 0.353. The molecule has 0 aliphatic carbocycles. The quantitative estimate of drug-likeness (QED) is 0.773. The van der Waals surface area contributed by atoms with Gasteiger partial charge in [-0.15, -0.1) is 0 Å². The Balaban J connectivity index is 2.73. The maximum absolute atomic E-state index is 5.77. The monoisotopic (exact) mass is 297 g/mol. The molecule has 1 rings (SSSR count). The molecule has 0 bridgehead atoms. The molecule has 0 spiro atoms. The largest absolute Gasteiger partial charge is 0.488 e. The number of halogens is 1. The van der Waals surface area contributed by atoms with E-state index < -0.39 is 0 Å². The van der Waals surface area contributed by atoms with E-state index >= 15 is 0 Å². The standard InChI is InChI=1S/C14H20BrNO/c1-4-8-16-9-13-7-5-6-11(2)14(13)17-10-12(3)15/h5-7,16H,3-4,8-10H2,1-2H3. The molecule has 0 fully saturated rings. The van der Waals surface area contributed by atoms with Crippen LogP contribution in [0.3, 0.4) is 0 Å². The van der Waals surface area contributed by atoms with Gasteiger partial charge in [-0.25, -0.2) is 0 Å². The van der Waals surface area contributed by atoms with Gasteiger partial charge in [0, 0.05) is 16.6 Å². The van der Waals surface area contributed by atoms with Crippen molar-refractivity contribution in [1.29, 1.82) is 0 Å². The van der Waals surface area contributed by atoms with Gasteiger partial charge in [-0.3, -0.25) is 0 Å². The molecule has 3 heteroatoms. The van der Waals surface area contributed by atoms with Crippen molar-refractivity contribution in [3.05, 3.63) is 40.4 Å². The van der Waals surface area contributed by atoms with Crippen LogP contribution < -0.4 is 10.1 Å². The first-order valence-electron chi connectivity index (χ1n) is 5.90. The van der Waals surface area contributed by atoms with E-state index in [1.54, 1.807) is 0 Å². The summed E-state index contributed by atoms with van der Waals surface area (Å²) in [6.45, 7) is 10.4. The Kier molecular flexibility index (Phi) is 6.30. The zero-order chi connectivity index (χ0) is 12.7. The summed E-state index contributed by atoms with van der Waals surface area (Å²) in [6, 6.07) is 6.23. The SMILES string of the molecule is C=C(Br)COc1c(C)cccc1CNCCC. The molecule has 0 saturated carbocycles. The minimum Gasteiger partial charge on any atom is -0.488 e. The lowest BCUT2D eigenvalue weighted by Gasteiger charge is -2.14. The number of aryl methyl sites for hydroxylation is 1. The lowest BCUT2D eigenvalue weighted by atomic mass is 10.1. The van der Waals surface area contributed by atoms with Crippen LogP contribution in [0.1, 0.15) is 24.5 Å². The Bertz CT molecular complexity index is 376. The number of hydrogen-bond donors (Lipinski definition) is 1. The maximum atomic E-state index is 5.77. The number of rotatable bonds is 7. The van der Waals surface area contributed by atoms with Gasteiger partial charge in [0.2, 0.25) is 0 Å². The first-order chi connectivity index (χ1) is 8.15. The molecule has 1 aromatic rings. The van der Waals surface area contributed by atoms with Crippen LogP contribution in [-0.4, -0.2) is 13.2 Å². The van der Waals surface area contributed by atoms with Gasteiger partial charge in [0.05, 0.1) is 0 Å². The lowest BCUT2D eigenvalue weighted by Crippen LogP contribution is -2.15. The highest BCUT2D eigenvalue weighted by atomic mass is 79.9. The highest BCUT2D eigenvalue weighted by Gasteiger charge is 2.06. The topological polar surface area (TPSA) is 21.3 Å². The fraction of sp³-hybridized carbons (Fsp3) is 0.429. The molecular formula is C14H20BrNO. The molecule has 1 N–H and O–H groups in total. The van der Waals surface area contributed by atoms with E-state index in [4.69, 9.17) is 4.74 Å². The van der Waals surface area contributed by atoms with Crippen LogP contribution in [0.2, 0.25) is 0 Å². The second-order valence-corrected chi connectivity index (χ2v) is 5.17. The number of benzene rings is 1. The van der Waals surface area contributed by atoms with Crippen molar-refractivity contribution in [1.82, 2.24) is 5.32 Å². The van der Waals surface area contributed by atoms with Crippen LogP contribution in [0.15, 0.2) is 29.3 Å². The molecule has 0 radical (unpaired) electrons. The molecule has 2 nitrogen and oxygen atoms in total. The summed E-state index contributed by atoms with van der Waals surface area (Å²) in [5.74, 6) is 0.969. The minimum absolute atomic E-state index is 0.506. The van der Waals surface area contributed by atoms with Crippen LogP contribution in [0, 0.1) is 6.92 Å². The number of para-hydroxylation sites is 1. The van der Waals surface area contributed by atoms with E-state index in [0.29, 0.717) is 6.61 Å².